The summed E-state index contributed by atoms with van der Waals surface area (Å²) in [5, 5.41) is 0. The van der Waals surface area contributed by atoms with E-state index in [4.69, 9.17) is 10.7 Å². The van der Waals surface area contributed by atoms with Crippen LogP contribution in [0.25, 0.3) is 0 Å². The Labute approximate surface area is 104 Å². The summed E-state index contributed by atoms with van der Waals surface area (Å²) < 4.78 is 31.8. The molecule has 9 heteroatoms. The Balaban J connectivity index is 4.57. The quantitative estimate of drug-likeness (QED) is 0.480. The molecule has 0 atom stereocenters. The van der Waals surface area contributed by atoms with E-state index >= 15 is 0 Å². The van der Waals surface area contributed by atoms with Gasteiger partial charge in [-0.05, 0) is 13.8 Å². The van der Waals surface area contributed by atoms with Crippen molar-refractivity contribution in [1.29, 1.82) is 0 Å². The Morgan fingerprint density at radius 2 is 1.41 bits per heavy atom. The number of hydrogen-bond acceptors (Lipinski definition) is 6. The third-order valence-electron chi connectivity index (χ3n) is 1.53. The smallest absolute Gasteiger partial charge is 0.321 e. The first kappa shape index (κ1) is 16.1. The minimum absolute atomic E-state index is 0.106. The summed E-state index contributed by atoms with van der Waals surface area (Å²) in [5.74, 6) is -1.58. The first-order chi connectivity index (χ1) is 7.81. The maximum atomic E-state index is 11.1. The highest BCUT2D eigenvalue weighted by Gasteiger charge is 2.26. The van der Waals surface area contributed by atoms with Crippen LogP contribution in [0.2, 0.25) is 0 Å². The number of rotatable bonds is 7. The molecule has 0 radical (unpaired) electrons. The lowest BCUT2D eigenvalue weighted by Gasteiger charge is -2.15. The largest absolute Gasteiger partial charge is 0.465 e. The fraction of sp³-hybridized carbons (Fsp3) is 0.750. The number of esters is 2. The molecule has 17 heavy (non-hydrogen) atoms. The van der Waals surface area contributed by atoms with Gasteiger partial charge in [0.15, 0.2) is 0 Å². The van der Waals surface area contributed by atoms with Gasteiger partial charge in [0.2, 0.25) is 0 Å². The summed E-state index contributed by atoms with van der Waals surface area (Å²) in [6, 6.07) is 0. The highest BCUT2D eigenvalue weighted by atomic mass is 35.7. The molecule has 0 saturated heterocycles. The van der Waals surface area contributed by atoms with Gasteiger partial charge in [-0.3, -0.25) is 9.59 Å². The molecule has 0 aromatic carbocycles. The van der Waals surface area contributed by atoms with Crippen molar-refractivity contribution >= 4 is 31.9 Å². The fourth-order valence-corrected chi connectivity index (χ4v) is 1.72. The third-order valence-corrected chi connectivity index (χ3v) is 2.99. The van der Waals surface area contributed by atoms with Crippen molar-refractivity contribution in [1.82, 2.24) is 4.31 Å². The molecular formula is C8H14ClNO6S. The molecule has 100 valence electrons. The Hall–Kier alpha value is -0.860. The van der Waals surface area contributed by atoms with E-state index in [1.807, 2.05) is 0 Å². The van der Waals surface area contributed by atoms with Gasteiger partial charge in [0, 0.05) is 10.7 Å². The van der Waals surface area contributed by atoms with Gasteiger partial charge in [-0.15, -0.1) is 0 Å². The number of nitrogens with zero attached hydrogens (tertiary/aromatic N) is 1. The van der Waals surface area contributed by atoms with Gasteiger partial charge < -0.3 is 9.47 Å². The van der Waals surface area contributed by atoms with Crippen molar-refractivity contribution in [2.24, 2.45) is 0 Å². The Morgan fingerprint density at radius 1 is 1.06 bits per heavy atom. The average Bonchev–Trinajstić information content (AvgIpc) is 2.16. The summed E-state index contributed by atoms with van der Waals surface area (Å²) in [6.45, 7) is 2.10. The topological polar surface area (TPSA) is 90.0 Å². The van der Waals surface area contributed by atoms with E-state index in [1.54, 1.807) is 13.8 Å². The molecular weight excluding hydrogens is 274 g/mol. The number of hydrogen-bond donors (Lipinski definition) is 0. The van der Waals surface area contributed by atoms with E-state index < -0.39 is 34.3 Å². The minimum atomic E-state index is -4.19. The van der Waals surface area contributed by atoms with E-state index in [0.717, 1.165) is 0 Å². The molecule has 0 bridgehead atoms. The second kappa shape index (κ2) is 7.46. The molecule has 0 aliphatic carbocycles. The van der Waals surface area contributed by atoms with Crippen molar-refractivity contribution < 1.29 is 27.5 Å². The second-order valence-electron chi connectivity index (χ2n) is 2.82. The fourth-order valence-electron chi connectivity index (χ4n) is 0.911. The second-order valence-corrected chi connectivity index (χ2v) is 5.33. The molecule has 0 aliphatic heterocycles. The summed E-state index contributed by atoms with van der Waals surface area (Å²) >= 11 is 0. The SMILES string of the molecule is CCOC(=O)CN(CC(=O)OCC)S(=O)(=O)Cl. The van der Waals surface area contributed by atoms with Crippen LogP contribution in [0.1, 0.15) is 13.8 Å². The van der Waals surface area contributed by atoms with Gasteiger partial charge in [-0.25, -0.2) is 0 Å². The number of carbonyl (C=O) groups is 2. The lowest BCUT2D eigenvalue weighted by molar-refractivity contribution is -0.146. The Bertz CT molecular complexity index is 348. The lowest BCUT2D eigenvalue weighted by atomic mass is 10.5. The summed E-state index contributed by atoms with van der Waals surface area (Å²) in [6.07, 6.45) is 0. The van der Waals surface area contributed by atoms with Gasteiger partial charge in [-0.1, -0.05) is 0 Å². The van der Waals surface area contributed by atoms with Crippen LogP contribution in [0.3, 0.4) is 0 Å². The molecule has 0 aliphatic rings. The molecule has 0 unspecified atom stereocenters. The predicted octanol–water partition coefficient (Wildman–Crippen LogP) is -0.102. The molecule has 0 spiro atoms. The van der Waals surface area contributed by atoms with Crippen LogP contribution in [-0.4, -0.2) is 51.0 Å². The van der Waals surface area contributed by atoms with Crippen molar-refractivity contribution in [3.8, 4) is 0 Å². The van der Waals surface area contributed by atoms with E-state index in [-0.39, 0.29) is 13.2 Å². The van der Waals surface area contributed by atoms with Crippen LogP contribution < -0.4 is 0 Å². The van der Waals surface area contributed by atoms with E-state index in [2.05, 4.69) is 9.47 Å². The van der Waals surface area contributed by atoms with Crippen LogP contribution in [0, 0.1) is 0 Å². The highest BCUT2D eigenvalue weighted by molar-refractivity contribution is 8.11. The zero-order chi connectivity index (χ0) is 13.5. The van der Waals surface area contributed by atoms with Gasteiger partial charge in [0.25, 0.3) is 0 Å². The molecule has 0 amide bonds. The maximum Gasteiger partial charge on any atom is 0.321 e. The minimum Gasteiger partial charge on any atom is -0.465 e. The molecule has 0 N–H and O–H groups in total. The van der Waals surface area contributed by atoms with Crippen molar-refractivity contribution in [3.63, 3.8) is 0 Å². The lowest BCUT2D eigenvalue weighted by Crippen LogP contribution is -2.38. The van der Waals surface area contributed by atoms with Crippen LogP contribution in [0.15, 0.2) is 0 Å². The molecule has 0 saturated carbocycles. The summed E-state index contributed by atoms with van der Waals surface area (Å²) in [4.78, 5) is 22.2. The summed E-state index contributed by atoms with van der Waals surface area (Å²) in [7, 11) is 0.882. The van der Waals surface area contributed by atoms with Crippen LogP contribution in [-0.2, 0) is 28.3 Å². The van der Waals surface area contributed by atoms with Gasteiger partial charge >= 0.3 is 21.2 Å². The Morgan fingerprint density at radius 3 is 1.65 bits per heavy atom. The molecule has 0 rings (SSSR count). The number of ether oxygens (including phenoxy) is 2. The standard InChI is InChI=1S/C8H14ClNO6S/c1-3-15-7(11)5-10(17(9,13)14)6-8(12)16-4-2/h3-6H2,1-2H3. The van der Waals surface area contributed by atoms with Crippen molar-refractivity contribution in [2.75, 3.05) is 26.3 Å². The zero-order valence-electron chi connectivity index (χ0n) is 9.51. The number of carbonyl (C=O) groups excluding carboxylic acids is 2. The molecule has 0 aromatic rings. The van der Waals surface area contributed by atoms with Gasteiger partial charge in [0.05, 0.1) is 13.2 Å². The number of halogens is 1. The first-order valence-electron chi connectivity index (χ1n) is 4.82. The Kier molecular flexibility index (Phi) is 7.09. The van der Waals surface area contributed by atoms with Crippen molar-refractivity contribution in [3.05, 3.63) is 0 Å². The van der Waals surface area contributed by atoms with Crippen molar-refractivity contribution in [2.45, 2.75) is 13.8 Å². The molecule has 0 heterocycles. The van der Waals surface area contributed by atoms with Crippen LogP contribution in [0.5, 0.6) is 0 Å². The van der Waals surface area contributed by atoms with E-state index in [1.165, 1.54) is 0 Å². The first-order valence-corrected chi connectivity index (χ1v) is 7.08. The molecule has 7 nitrogen and oxygen atoms in total. The monoisotopic (exact) mass is 287 g/mol. The predicted molar refractivity (Wildman–Crippen MR) is 59.6 cm³/mol. The normalized spacial score (nSPS) is 11.3. The summed E-state index contributed by atoms with van der Waals surface area (Å²) in [5.41, 5.74) is 0. The average molecular weight is 288 g/mol. The third kappa shape index (κ3) is 7.14. The van der Waals surface area contributed by atoms with E-state index in [0.29, 0.717) is 4.31 Å². The van der Waals surface area contributed by atoms with E-state index in [9.17, 15) is 18.0 Å². The van der Waals surface area contributed by atoms with Gasteiger partial charge in [0.1, 0.15) is 13.1 Å². The van der Waals surface area contributed by atoms with Gasteiger partial charge in [-0.2, -0.15) is 12.7 Å². The zero-order valence-corrected chi connectivity index (χ0v) is 11.1. The molecule has 0 fully saturated rings. The maximum absolute atomic E-state index is 11.1. The van der Waals surface area contributed by atoms with Crippen LogP contribution in [0.4, 0.5) is 0 Å². The highest BCUT2D eigenvalue weighted by Crippen LogP contribution is 2.06. The molecule has 0 aromatic heterocycles. The van der Waals surface area contributed by atoms with Crippen LogP contribution >= 0.6 is 10.7 Å².